The lowest BCUT2D eigenvalue weighted by atomic mass is 10.0. The van der Waals surface area contributed by atoms with Gasteiger partial charge in [-0.25, -0.2) is 4.79 Å². The van der Waals surface area contributed by atoms with E-state index in [1.807, 2.05) is 92.8 Å². The number of para-hydroxylation sites is 1. The third-order valence-electron chi connectivity index (χ3n) is 6.46. The molecule has 0 radical (unpaired) electrons. The first-order valence-electron chi connectivity index (χ1n) is 12.2. The lowest BCUT2D eigenvalue weighted by molar-refractivity contribution is -0.118. The molecule has 0 saturated carbocycles. The van der Waals surface area contributed by atoms with Gasteiger partial charge in [-0.2, -0.15) is 0 Å². The van der Waals surface area contributed by atoms with E-state index in [0.717, 1.165) is 54.0 Å². The van der Waals surface area contributed by atoms with Crippen LogP contribution in [0.3, 0.4) is 0 Å². The minimum Gasteiger partial charge on any atom is -0.446 e. The Morgan fingerprint density at radius 3 is 2.43 bits per heavy atom. The number of nitrogens with one attached hydrogen (secondary N) is 1. The molecule has 0 aliphatic carbocycles. The van der Waals surface area contributed by atoms with Gasteiger partial charge in [-0.15, -0.1) is 0 Å². The number of ether oxygens (including phenoxy) is 1. The van der Waals surface area contributed by atoms with E-state index in [1.54, 1.807) is 4.90 Å². The summed E-state index contributed by atoms with van der Waals surface area (Å²) in [5.74, 6) is 0.102. The number of carbonyl (C=O) groups excluding carboxylic acids is 2. The Bertz CT molecular complexity index is 1140. The van der Waals surface area contributed by atoms with Crippen LogP contribution in [0.2, 0.25) is 0 Å². The van der Waals surface area contributed by atoms with Crippen molar-refractivity contribution in [1.29, 1.82) is 0 Å². The van der Waals surface area contributed by atoms with Crippen LogP contribution < -0.4 is 10.2 Å². The Hall–Kier alpha value is -3.64. The maximum absolute atomic E-state index is 12.6. The highest BCUT2D eigenvalue weighted by atomic mass is 16.6. The molecule has 2 amide bonds. The number of amides is 2. The van der Waals surface area contributed by atoms with Crippen molar-refractivity contribution in [3.8, 4) is 11.1 Å². The van der Waals surface area contributed by atoms with Crippen LogP contribution in [0.1, 0.15) is 24.8 Å². The van der Waals surface area contributed by atoms with E-state index in [4.69, 9.17) is 4.74 Å². The molecule has 1 saturated heterocycles. The van der Waals surface area contributed by atoms with Crippen LogP contribution in [-0.4, -0.2) is 49.7 Å². The molecule has 35 heavy (non-hydrogen) atoms. The average molecular weight is 472 g/mol. The molecule has 3 aromatic rings. The number of carbonyl (C=O) groups is 2. The smallest absolute Gasteiger partial charge is 0.411 e. The zero-order chi connectivity index (χ0) is 24.6. The molecule has 1 N–H and O–H groups in total. The zero-order valence-corrected chi connectivity index (χ0v) is 20.4. The van der Waals surface area contributed by atoms with E-state index in [9.17, 15) is 9.59 Å². The van der Waals surface area contributed by atoms with Crippen molar-refractivity contribution in [2.75, 3.05) is 36.9 Å². The maximum Gasteiger partial charge on any atom is 0.411 e. The van der Waals surface area contributed by atoms with Gasteiger partial charge in [0.1, 0.15) is 6.10 Å². The van der Waals surface area contributed by atoms with Gasteiger partial charge in [-0.1, -0.05) is 60.7 Å². The maximum atomic E-state index is 12.6. The van der Waals surface area contributed by atoms with E-state index >= 15 is 0 Å². The molecule has 1 aliphatic rings. The van der Waals surface area contributed by atoms with E-state index in [2.05, 4.69) is 10.2 Å². The number of rotatable bonds is 7. The van der Waals surface area contributed by atoms with Gasteiger partial charge in [0.2, 0.25) is 5.91 Å². The molecule has 6 heteroatoms. The fraction of sp³-hybridized carbons (Fsp3) is 0.310. The fourth-order valence-corrected chi connectivity index (χ4v) is 4.41. The van der Waals surface area contributed by atoms with Crippen LogP contribution in [0.25, 0.3) is 11.1 Å². The van der Waals surface area contributed by atoms with Crippen molar-refractivity contribution in [2.45, 2.75) is 32.3 Å². The van der Waals surface area contributed by atoms with Gasteiger partial charge >= 0.3 is 6.09 Å². The second-order valence-electron chi connectivity index (χ2n) is 9.02. The predicted octanol–water partition coefficient (Wildman–Crippen LogP) is 5.73. The molecule has 0 unspecified atom stereocenters. The van der Waals surface area contributed by atoms with Gasteiger partial charge < -0.3 is 14.5 Å². The zero-order valence-electron chi connectivity index (χ0n) is 20.4. The van der Waals surface area contributed by atoms with Crippen LogP contribution >= 0.6 is 0 Å². The highest BCUT2D eigenvalue weighted by molar-refractivity contribution is 5.93. The number of anilines is 2. The summed E-state index contributed by atoms with van der Waals surface area (Å²) in [4.78, 5) is 29.2. The Kier molecular flexibility index (Phi) is 8.16. The molecule has 1 heterocycles. The van der Waals surface area contributed by atoms with Crippen LogP contribution in [0, 0.1) is 6.92 Å². The molecule has 6 nitrogen and oxygen atoms in total. The summed E-state index contributed by atoms with van der Waals surface area (Å²) in [5.41, 5.74) is 4.79. The first kappa shape index (κ1) is 24.5. The molecule has 1 aliphatic heterocycles. The fourth-order valence-electron chi connectivity index (χ4n) is 4.41. The summed E-state index contributed by atoms with van der Waals surface area (Å²) in [6.07, 6.45) is 1.43. The average Bonchev–Trinajstić information content (AvgIpc) is 2.88. The summed E-state index contributed by atoms with van der Waals surface area (Å²) >= 11 is 0. The van der Waals surface area contributed by atoms with E-state index in [0.29, 0.717) is 13.0 Å². The second-order valence-corrected chi connectivity index (χ2v) is 9.02. The lowest BCUT2D eigenvalue weighted by Gasteiger charge is -2.31. The Morgan fingerprint density at radius 2 is 1.69 bits per heavy atom. The standard InChI is InChI=1S/C29H33N3O3/c1-22-9-8-12-24(21-22)31(2)28(33)17-20-32-18-15-25(16-19-32)35-29(34)30-27-14-7-6-13-26(27)23-10-4-3-5-11-23/h3-14,21,25H,15-20H2,1-2H3,(H,30,34). The highest BCUT2D eigenvalue weighted by Crippen LogP contribution is 2.28. The summed E-state index contributed by atoms with van der Waals surface area (Å²) in [5, 5.41) is 2.91. The second kappa shape index (κ2) is 11.7. The predicted molar refractivity (Wildman–Crippen MR) is 141 cm³/mol. The Balaban J connectivity index is 1.22. The van der Waals surface area contributed by atoms with Crippen molar-refractivity contribution < 1.29 is 14.3 Å². The van der Waals surface area contributed by atoms with Gasteiger partial charge in [0.05, 0.1) is 5.69 Å². The van der Waals surface area contributed by atoms with Gasteiger partial charge in [0, 0.05) is 44.4 Å². The molecule has 0 atom stereocenters. The summed E-state index contributed by atoms with van der Waals surface area (Å²) in [6.45, 7) is 4.34. The molecule has 1 fully saturated rings. The van der Waals surface area contributed by atoms with Crippen LogP contribution in [0.4, 0.5) is 16.2 Å². The van der Waals surface area contributed by atoms with Gasteiger partial charge in [-0.05, 0) is 49.1 Å². The summed E-state index contributed by atoms with van der Waals surface area (Å²) in [7, 11) is 1.83. The largest absolute Gasteiger partial charge is 0.446 e. The molecule has 0 aromatic heterocycles. The van der Waals surface area contributed by atoms with Crippen LogP contribution in [0.15, 0.2) is 78.9 Å². The first-order valence-corrected chi connectivity index (χ1v) is 12.2. The SMILES string of the molecule is Cc1cccc(N(C)C(=O)CCN2CCC(OC(=O)Nc3ccccc3-c3ccccc3)CC2)c1. The Morgan fingerprint density at radius 1 is 0.971 bits per heavy atom. The molecule has 182 valence electrons. The third-order valence-corrected chi connectivity index (χ3v) is 6.46. The number of nitrogens with zero attached hydrogens (tertiary/aromatic N) is 2. The Labute approximate surface area is 207 Å². The topological polar surface area (TPSA) is 61.9 Å². The first-order chi connectivity index (χ1) is 17.0. The minimum absolute atomic E-state index is 0.102. The molecule has 0 bridgehead atoms. The van der Waals surface area contributed by atoms with Crippen molar-refractivity contribution in [3.63, 3.8) is 0 Å². The molecule has 4 rings (SSSR count). The van der Waals surface area contributed by atoms with Gasteiger partial charge in [0.25, 0.3) is 0 Å². The number of benzene rings is 3. The number of piperidine rings is 1. The number of hydrogen-bond donors (Lipinski definition) is 1. The van der Waals surface area contributed by atoms with E-state index < -0.39 is 6.09 Å². The van der Waals surface area contributed by atoms with Crippen LogP contribution in [0.5, 0.6) is 0 Å². The van der Waals surface area contributed by atoms with Crippen molar-refractivity contribution in [2.24, 2.45) is 0 Å². The number of likely N-dealkylation sites (tertiary alicyclic amines) is 1. The third kappa shape index (κ3) is 6.70. The van der Waals surface area contributed by atoms with E-state index in [1.165, 1.54) is 0 Å². The summed E-state index contributed by atoms with van der Waals surface area (Å²) < 4.78 is 5.72. The van der Waals surface area contributed by atoms with Crippen molar-refractivity contribution >= 4 is 23.4 Å². The van der Waals surface area contributed by atoms with Gasteiger partial charge in [-0.3, -0.25) is 10.1 Å². The van der Waals surface area contributed by atoms with Gasteiger partial charge in [0.15, 0.2) is 0 Å². The van der Waals surface area contributed by atoms with E-state index in [-0.39, 0.29) is 12.0 Å². The highest BCUT2D eigenvalue weighted by Gasteiger charge is 2.23. The quantitative estimate of drug-likeness (QED) is 0.478. The summed E-state index contributed by atoms with van der Waals surface area (Å²) in [6, 6.07) is 25.7. The number of hydrogen-bond acceptors (Lipinski definition) is 4. The lowest BCUT2D eigenvalue weighted by Crippen LogP contribution is -2.40. The van der Waals surface area contributed by atoms with Crippen molar-refractivity contribution in [1.82, 2.24) is 4.90 Å². The monoisotopic (exact) mass is 471 g/mol. The van der Waals surface area contributed by atoms with Crippen molar-refractivity contribution in [3.05, 3.63) is 84.4 Å². The molecule has 3 aromatic carbocycles. The molecular formula is C29H33N3O3. The minimum atomic E-state index is -0.429. The molecular weight excluding hydrogens is 438 g/mol. The molecule has 0 spiro atoms. The number of aryl methyl sites for hydroxylation is 1. The van der Waals surface area contributed by atoms with Crippen LogP contribution in [-0.2, 0) is 9.53 Å². The normalized spacial score (nSPS) is 14.3.